The molecule has 7 N–H and O–H groups in total. The molecule has 0 saturated heterocycles. The van der Waals surface area contributed by atoms with Crippen molar-refractivity contribution in [3.05, 3.63) is 0 Å². The van der Waals surface area contributed by atoms with Crippen molar-refractivity contribution in [2.24, 2.45) is 17.6 Å². The lowest BCUT2D eigenvalue weighted by Gasteiger charge is -2.18. The lowest BCUT2D eigenvalue weighted by Crippen LogP contribution is -2.38. The number of hydrogen-bond donors (Lipinski definition) is 5. The van der Waals surface area contributed by atoms with Gasteiger partial charge < -0.3 is 5.11 Å². The maximum atomic E-state index is 11.6. The first-order valence-corrected chi connectivity index (χ1v) is 7.23. The van der Waals surface area contributed by atoms with E-state index in [4.69, 9.17) is 11.7 Å². The molecule has 0 saturated carbocycles. The van der Waals surface area contributed by atoms with Crippen molar-refractivity contribution in [1.82, 2.24) is 10.9 Å². The number of carbonyl (C=O) groups excluding carboxylic acids is 2. The number of carbonyl (C=O) groups is 2. The number of nitrogens with two attached hydrogens (primary N) is 2. The SMILES string of the molecule is CCCCCC[C@@H](O)C[C@@H](CCC(=O)NN)C(=O)NN. The van der Waals surface area contributed by atoms with Crippen LogP contribution in [0, 0.1) is 5.92 Å². The number of aliphatic hydroxyl groups excluding tert-OH is 1. The third-order valence-electron chi connectivity index (χ3n) is 3.34. The summed E-state index contributed by atoms with van der Waals surface area (Å²) in [6.45, 7) is 2.13. The van der Waals surface area contributed by atoms with E-state index in [-0.39, 0.29) is 18.2 Å². The van der Waals surface area contributed by atoms with E-state index in [2.05, 4.69) is 12.3 Å². The topological polar surface area (TPSA) is 130 Å². The molecule has 2 atom stereocenters. The maximum absolute atomic E-state index is 11.6. The molecule has 20 heavy (non-hydrogen) atoms. The first-order chi connectivity index (χ1) is 9.54. The smallest absolute Gasteiger partial charge is 0.237 e. The van der Waals surface area contributed by atoms with Crippen LogP contribution in [0.1, 0.15) is 58.3 Å². The molecule has 118 valence electrons. The largest absolute Gasteiger partial charge is 0.393 e. The summed E-state index contributed by atoms with van der Waals surface area (Å²) in [6.07, 6.45) is 5.19. The lowest BCUT2D eigenvalue weighted by molar-refractivity contribution is -0.127. The van der Waals surface area contributed by atoms with Gasteiger partial charge in [-0.15, -0.1) is 0 Å². The molecule has 0 heterocycles. The molecule has 7 heteroatoms. The van der Waals surface area contributed by atoms with Gasteiger partial charge in [0.2, 0.25) is 11.8 Å². The molecule has 0 spiro atoms. The van der Waals surface area contributed by atoms with Gasteiger partial charge >= 0.3 is 0 Å². The van der Waals surface area contributed by atoms with Gasteiger partial charge in [-0.3, -0.25) is 20.4 Å². The van der Waals surface area contributed by atoms with Crippen LogP contribution in [0.2, 0.25) is 0 Å². The Morgan fingerprint density at radius 1 is 1.10 bits per heavy atom. The Morgan fingerprint density at radius 3 is 2.35 bits per heavy atom. The number of hydrogen-bond acceptors (Lipinski definition) is 5. The molecule has 0 fully saturated rings. The standard InChI is InChI=1S/C13H28N4O3/c1-2-3-4-5-6-11(18)9-10(13(20)17-15)7-8-12(19)16-14/h10-11,18H,2-9,14-15H2,1H3,(H,16,19)(H,17,20)/t10-,11-/m1/s1. The van der Waals surface area contributed by atoms with Crippen molar-refractivity contribution in [2.45, 2.75) is 64.4 Å². The van der Waals surface area contributed by atoms with Crippen LogP contribution in [0.4, 0.5) is 0 Å². The minimum atomic E-state index is -0.546. The van der Waals surface area contributed by atoms with Gasteiger partial charge in [0, 0.05) is 12.3 Å². The van der Waals surface area contributed by atoms with Crippen molar-refractivity contribution >= 4 is 11.8 Å². The van der Waals surface area contributed by atoms with Gasteiger partial charge in [0.15, 0.2) is 0 Å². The molecule has 0 bridgehead atoms. The second-order valence-electron chi connectivity index (χ2n) is 5.05. The van der Waals surface area contributed by atoms with Crippen molar-refractivity contribution in [2.75, 3.05) is 0 Å². The lowest BCUT2D eigenvalue weighted by atomic mass is 9.93. The highest BCUT2D eigenvalue weighted by atomic mass is 16.3. The highest BCUT2D eigenvalue weighted by Crippen LogP contribution is 2.17. The highest BCUT2D eigenvalue weighted by molar-refractivity contribution is 5.80. The second-order valence-corrected chi connectivity index (χ2v) is 5.05. The van der Waals surface area contributed by atoms with E-state index in [9.17, 15) is 14.7 Å². The Balaban J connectivity index is 4.13. The van der Waals surface area contributed by atoms with Crippen LogP contribution in [0.3, 0.4) is 0 Å². The summed E-state index contributed by atoms with van der Waals surface area (Å²) in [4.78, 5) is 22.7. The molecule has 0 unspecified atom stereocenters. The maximum Gasteiger partial charge on any atom is 0.237 e. The average Bonchev–Trinajstić information content (AvgIpc) is 2.46. The molecule has 0 aliphatic heterocycles. The molecule has 0 aliphatic rings. The fraction of sp³-hybridized carbons (Fsp3) is 0.846. The van der Waals surface area contributed by atoms with E-state index in [1.165, 1.54) is 0 Å². The van der Waals surface area contributed by atoms with Crippen LogP contribution in [0.25, 0.3) is 0 Å². The first-order valence-electron chi connectivity index (χ1n) is 7.23. The van der Waals surface area contributed by atoms with Gasteiger partial charge in [0.1, 0.15) is 0 Å². The number of hydrazine groups is 2. The van der Waals surface area contributed by atoms with Crippen molar-refractivity contribution in [3.8, 4) is 0 Å². The number of nitrogens with one attached hydrogen (secondary N) is 2. The predicted octanol–water partition coefficient (Wildman–Crippen LogP) is 0.0840. The van der Waals surface area contributed by atoms with Gasteiger partial charge in [0.05, 0.1) is 6.10 Å². The fourth-order valence-electron chi connectivity index (χ4n) is 2.10. The molecule has 0 aromatic carbocycles. The van der Waals surface area contributed by atoms with Gasteiger partial charge in [-0.1, -0.05) is 32.6 Å². The molecule has 0 aliphatic carbocycles. The summed E-state index contributed by atoms with van der Waals surface area (Å²) in [6, 6.07) is 0. The van der Waals surface area contributed by atoms with E-state index in [0.29, 0.717) is 19.3 Å². The Labute approximate surface area is 120 Å². The predicted molar refractivity (Wildman–Crippen MR) is 76.8 cm³/mol. The van der Waals surface area contributed by atoms with Crippen molar-refractivity contribution in [1.29, 1.82) is 0 Å². The van der Waals surface area contributed by atoms with Crippen molar-refractivity contribution < 1.29 is 14.7 Å². The minimum Gasteiger partial charge on any atom is -0.393 e. The van der Waals surface area contributed by atoms with Crippen LogP contribution in [0.15, 0.2) is 0 Å². The summed E-state index contributed by atoms with van der Waals surface area (Å²) in [7, 11) is 0. The molecule has 7 nitrogen and oxygen atoms in total. The molecule has 0 radical (unpaired) electrons. The first kappa shape index (κ1) is 18.8. The third-order valence-corrected chi connectivity index (χ3v) is 3.34. The summed E-state index contributed by atoms with van der Waals surface area (Å²) in [5, 5.41) is 9.94. The molecule has 0 aromatic rings. The zero-order valence-corrected chi connectivity index (χ0v) is 12.2. The Morgan fingerprint density at radius 2 is 1.80 bits per heavy atom. The van der Waals surface area contributed by atoms with E-state index >= 15 is 0 Å². The normalized spacial score (nSPS) is 13.6. The quantitative estimate of drug-likeness (QED) is 0.159. The summed E-state index contributed by atoms with van der Waals surface area (Å²) in [5.74, 6) is 8.94. The van der Waals surface area contributed by atoms with Crippen LogP contribution < -0.4 is 22.5 Å². The highest BCUT2D eigenvalue weighted by Gasteiger charge is 2.22. The molecular weight excluding hydrogens is 260 g/mol. The molecule has 0 aromatic heterocycles. The Bertz CT molecular complexity index is 287. The van der Waals surface area contributed by atoms with Crippen LogP contribution in [-0.2, 0) is 9.59 Å². The van der Waals surface area contributed by atoms with E-state index in [1.807, 2.05) is 5.43 Å². The van der Waals surface area contributed by atoms with Gasteiger partial charge in [-0.25, -0.2) is 11.7 Å². The fourth-order valence-corrected chi connectivity index (χ4v) is 2.10. The van der Waals surface area contributed by atoms with Crippen LogP contribution in [0.5, 0.6) is 0 Å². The molecule has 2 amide bonds. The summed E-state index contributed by atoms with van der Waals surface area (Å²) in [5.41, 5.74) is 4.09. The van der Waals surface area contributed by atoms with E-state index < -0.39 is 12.0 Å². The number of rotatable bonds is 11. The number of unbranched alkanes of at least 4 members (excludes halogenated alkanes) is 3. The van der Waals surface area contributed by atoms with Crippen LogP contribution >= 0.6 is 0 Å². The number of amides is 2. The van der Waals surface area contributed by atoms with E-state index in [1.54, 1.807) is 0 Å². The minimum absolute atomic E-state index is 0.136. The Kier molecular flexibility index (Phi) is 10.9. The summed E-state index contributed by atoms with van der Waals surface area (Å²) < 4.78 is 0. The zero-order chi connectivity index (χ0) is 15.4. The average molecular weight is 288 g/mol. The van der Waals surface area contributed by atoms with E-state index in [0.717, 1.165) is 25.7 Å². The number of aliphatic hydroxyl groups is 1. The van der Waals surface area contributed by atoms with Crippen LogP contribution in [-0.4, -0.2) is 23.0 Å². The summed E-state index contributed by atoms with van der Waals surface area (Å²) >= 11 is 0. The zero-order valence-electron chi connectivity index (χ0n) is 12.2. The second kappa shape index (κ2) is 11.6. The van der Waals surface area contributed by atoms with Gasteiger partial charge in [-0.05, 0) is 19.3 Å². The van der Waals surface area contributed by atoms with Gasteiger partial charge in [0.25, 0.3) is 0 Å². The van der Waals surface area contributed by atoms with Gasteiger partial charge in [-0.2, -0.15) is 0 Å². The van der Waals surface area contributed by atoms with Crippen molar-refractivity contribution in [3.63, 3.8) is 0 Å². The third kappa shape index (κ3) is 8.84. The Hall–Kier alpha value is -1.18. The molecular formula is C13H28N4O3. The monoisotopic (exact) mass is 288 g/mol. The molecule has 0 rings (SSSR count).